The van der Waals surface area contributed by atoms with Crippen LogP contribution >= 0.6 is 0 Å². The van der Waals surface area contributed by atoms with Gasteiger partial charge in [0.2, 0.25) is 5.82 Å². The van der Waals surface area contributed by atoms with Gasteiger partial charge in [0.15, 0.2) is 0 Å². The molecule has 0 saturated heterocycles. The fraction of sp³-hybridized carbons (Fsp3) is 0.385. The summed E-state index contributed by atoms with van der Waals surface area (Å²) in [6, 6.07) is 1.89. The van der Waals surface area contributed by atoms with Gasteiger partial charge in [-0.1, -0.05) is 0 Å². The van der Waals surface area contributed by atoms with Gasteiger partial charge in [-0.15, -0.1) is 5.10 Å². The summed E-state index contributed by atoms with van der Waals surface area (Å²) >= 11 is 0. The number of fused-ring (bicyclic) bond motifs is 1. The molecule has 0 aliphatic carbocycles. The van der Waals surface area contributed by atoms with E-state index in [1.54, 1.807) is 15.5 Å². The van der Waals surface area contributed by atoms with E-state index in [-0.39, 0.29) is 11.7 Å². The molecule has 0 fully saturated rings. The van der Waals surface area contributed by atoms with E-state index in [0.29, 0.717) is 18.9 Å². The second-order valence-corrected chi connectivity index (χ2v) is 4.95. The van der Waals surface area contributed by atoms with Gasteiger partial charge in [-0.2, -0.15) is 10.1 Å². The molecule has 0 aliphatic heterocycles. The molecule has 22 heavy (non-hydrogen) atoms. The molecule has 0 aromatic carbocycles. The second-order valence-electron chi connectivity index (χ2n) is 4.95. The summed E-state index contributed by atoms with van der Waals surface area (Å²) in [7, 11) is 0. The van der Waals surface area contributed by atoms with E-state index >= 15 is 0 Å². The largest absolute Gasteiger partial charge is 0.349 e. The Labute approximate surface area is 126 Å². The van der Waals surface area contributed by atoms with E-state index in [4.69, 9.17) is 0 Å². The molecule has 1 amide bonds. The topological polar surface area (TPSA) is 103 Å². The Hall–Kier alpha value is -2.84. The molecule has 0 unspecified atom stereocenters. The van der Waals surface area contributed by atoms with Gasteiger partial charge in [-0.25, -0.2) is 14.5 Å². The lowest BCUT2D eigenvalue weighted by Gasteiger charge is -2.02. The monoisotopic (exact) mass is 300 g/mol. The van der Waals surface area contributed by atoms with E-state index < -0.39 is 0 Å². The maximum Gasteiger partial charge on any atom is 0.291 e. The van der Waals surface area contributed by atoms with Crippen molar-refractivity contribution < 1.29 is 4.79 Å². The molecule has 3 rings (SSSR count). The van der Waals surface area contributed by atoms with Gasteiger partial charge in [0.05, 0.1) is 0 Å². The van der Waals surface area contributed by atoms with Crippen LogP contribution in [0, 0.1) is 13.8 Å². The summed E-state index contributed by atoms with van der Waals surface area (Å²) < 4.78 is 3.28. The van der Waals surface area contributed by atoms with Crippen LogP contribution in [0.2, 0.25) is 0 Å². The smallest absolute Gasteiger partial charge is 0.291 e. The van der Waals surface area contributed by atoms with Crippen LogP contribution in [0.5, 0.6) is 0 Å². The van der Waals surface area contributed by atoms with Crippen LogP contribution < -0.4 is 5.32 Å². The third-order valence-corrected chi connectivity index (χ3v) is 3.14. The first-order chi connectivity index (χ1) is 10.6. The zero-order valence-electron chi connectivity index (χ0n) is 12.4. The molecule has 114 valence electrons. The molecule has 3 aromatic heterocycles. The van der Waals surface area contributed by atoms with Gasteiger partial charge in [-0.05, 0) is 26.3 Å². The van der Waals surface area contributed by atoms with E-state index in [1.807, 2.05) is 19.9 Å². The molecule has 3 heterocycles. The minimum Gasteiger partial charge on any atom is -0.349 e. The van der Waals surface area contributed by atoms with Crippen molar-refractivity contribution in [3.63, 3.8) is 0 Å². The predicted octanol–water partition coefficient (Wildman–Crippen LogP) is 0.153. The van der Waals surface area contributed by atoms with Crippen molar-refractivity contribution in [2.24, 2.45) is 0 Å². The van der Waals surface area contributed by atoms with E-state index in [0.717, 1.165) is 17.8 Å². The Balaban J connectivity index is 1.61. The van der Waals surface area contributed by atoms with Crippen LogP contribution in [0.3, 0.4) is 0 Å². The summed E-state index contributed by atoms with van der Waals surface area (Å²) in [6.45, 7) is 4.99. The minimum absolute atomic E-state index is 0.127. The summed E-state index contributed by atoms with van der Waals surface area (Å²) in [4.78, 5) is 24.3. The number of aromatic nitrogens is 7. The fourth-order valence-electron chi connectivity index (χ4n) is 2.13. The molecule has 1 N–H and O–H groups in total. The first-order valence-corrected chi connectivity index (χ1v) is 6.95. The molecular weight excluding hydrogens is 284 g/mol. The van der Waals surface area contributed by atoms with Crippen LogP contribution in [0.4, 0.5) is 0 Å². The van der Waals surface area contributed by atoms with Crippen LogP contribution in [0.15, 0.2) is 18.7 Å². The summed E-state index contributed by atoms with van der Waals surface area (Å²) in [6.07, 6.45) is 3.87. The van der Waals surface area contributed by atoms with Crippen LogP contribution in [0.25, 0.3) is 5.78 Å². The third-order valence-electron chi connectivity index (χ3n) is 3.14. The number of hydrogen-bond donors (Lipinski definition) is 1. The number of nitrogens with one attached hydrogen (secondary N) is 1. The van der Waals surface area contributed by atoms with Crippen molar-refractivity contribution in [1.29, 1.82) is 0 Å². The van der Waals surface area contributed by atoms with Gasteiger partial charge < -0.3 is 5.32 Å². The molecule has 0 saturated carbocycles. The summed E-state index contributed by atoms with van der Waals surface area (Å²) in [5.41, 5.74) is 1.73. The number of rotatable bonds is 5. The standard InChI is InChI=1S/C13H16N8O/c1-9-6-10(2)21-13(17-9)18-11(19-21)12(22)15-4-3-5-20-8-14-7-16-20/h6-8H,3-5H2,1-2H3,(H,15,22). The number of carbonyl (C=O) groups excluding carboxylic acids is 1. The number of nitrogens with zero attached hydrogens (tertiary/aromatic N) is 7. The Morgan fingerprint density at radius 2 is 2.18 bits per heavy atom. The van der Waals surface area contributed by atoms with Crippen LogP contribution in [0.1, 0.15) is 28.4 Å². The molecule has 0 atom stereocenters. The number of hydrogen-bond acceptors (Lipinski definition) is 6. The van der Waals surface area contributed by atoms with Crippen LogP contribution in [-0.4, -0.2) is 46.8 Å². The van der Waals surface area contributed by atoms with Gasteiger partial charge in [0.25, 0.3) is 11.7 Å². The highest BCUT2D eigenvalue weighted by Gasteiger charge is 2.14. The second kappa shape index (κ2) is 5.88. The summed E-state index contributed by atoms with van der Waals surface area (Å²) in [5.74, 6) is 0.258. The Morgan fingerprint density at radius 3 is 2.95 bits per heavy atom. The average molecular weight is 300 g/mol. The molecule has 0 bridgehead atoms. The van der Waals surface area contributed by atoms with Gasteiger partial charge in [0.1, 0.15) is 12.7 Å². The van der Waals surface area contributed by atoms with Crippen molar-refractivity contribution in [3.8, 4) is 0 Å². The van der Waals surface area contributed by atoms with Crippen molar-refractivity contribution in [3.05, 3.63) is 35.9 Å². The zero-order valence-corrected chi connectivity index (χ0v) is 12.4. The Bertz CT molecular complexity index is 792. The van der Waals surface area contributed by atoms with Gasteiger partial charge >= 0.3 is 0 Å². The SMILES string of the molecule is Cc1cc(C)n2nc(C(=O)NCCCn3cncn3)nc2n1. The maximum atomic E-state index is 12.1. The van der Waals surface area contributed by atoms with Crippen molar-refractivity contribution >= 4 is 11.7 Å². The molecular formula is C13H16N8O. The molecule has 0 aliphatic rings. The first-order valence-electron chi connectivity index (χ1n) is 6.95. The first kappa shape index (κ1) is 14.1. The third kappa shape index (κ3) is 2.92. The average Bonchev–Trinajstić information content (AvgIpc) is 3.12. The highest BCUT2D eigenvalue weighted by molar-refractivity contribution is 5.90. The number of amides is 1. The molecule has 0 radical (unpaired) electrons. The highest BCUT2D eigenvalue weighted by atomic mass is 16.2. The van der Waals surface area contributed by atoms with Gasteiger partial charge in [0, 0.05) is 24.5 Å². The minimum atomic E-state index is -0.304. The molecule has 9 heteroatoms. The van der Waals surface area contributed by atoms with E-state index in [9.17, 15) is 4.79 Å². The quantitative estimate of drug-likeness (QED) is 0.673. The summed E-state index contributed by atoms with van der Waals surface area (Å²) in [5, 5.41) is 11.0. The Kier molecular flexibility index (Phi) is 3.77. The molecule has 3 aromatic rings. The number of aryl methyl sites for hydroxylation is 3. The lowest BCUT2D eigenvalue weighted by Crippen LogP contribution is -2.26. The maximum absolute atomic E-state index is 12.1. The number of carbonyl (C=O) groups is 1. The van der Waals surface area contributed by atoms with E-state index in [1.165, 1.54) is 6.33 Å². The van der Waals surface area contributed by atoms with Crippen LogP contribution in [-0.2, 0) is 6.54 Å². The lowest BCUT2D eigenvalue weighted by molar-refractivity contribution is 0.0942. The van der Waals surface area contributed by atoms with Gasteiger partial charge in [-0.3, -0.25) is 9.48 Å². The Morgan fingerprint density at radius 1 is 1.32 bits per heavy atom. The molecule has 9 nitrogen and oxygen atoms in total. The molecule has 0 spiro atoms. The normalized spacial score (nSPS) is 11.0. The highest BCUT2D eigenvalue weighted by Crippen LogP contribution is 2.05. The zero-order chi connectivity index (χ0) is 15.5. The predicted molar refractivity (Wildman–Crippen MR) is 77.2 cm³/mol. The van der Waals surface area contributed by atoms with Crippen molar-refractivity contribution in [2.45, 2.75) is 26.8 Å². The van der Waals surface area contributed by atoms with Crippen molar-refractivity contribution in [2.75, 3.05) is 6.54 Å². The lowest BCUT2D eigenvalue weighted by atomic mass is 10.4. The fourth-order valence-corrected chi connectivity index (χ4v) is 2.13. The van der Waals surface area contributed by atoms with E-state index in [2.05, 4.69) is 30.5 Å². The van der Waals surface area contributed by atoms with Crippen molar-refractivity contribution in [1.82, 2.24) is 39.7 Å².